The molecule has 1 aromatic rings. The van der Waals surface area contributed by atoms with E-state index in [2.05, 4.69) is 18.8 Å². The zero-order valence-corrected chi connectivity index (χ0v) is 9.83. The molecule has 2 heteroatoms. The van der Waals surface area contributed by atoms with Gasteiger partial charge in [-0.15, -0.1) is 0 Å². The number of benzene rings is 1. The molecule has 0 aliphatic heterocycles. The van der Waals surface area contributed by atoms with Crippen molar-refractivity contribution >= 4 is 11.5 Å². The molecule has 2 nitrogen and oxygen atoms in total. The van der Waals surface area contributed by atoms with E-state index in [1.807, 2.05) is 30.3 Å². The molecule has 86 valence electrons. The molecule has 1 amide bonds. The number of carbonyl (C=O) groups excluding carboxylic acids is 1. The third kappa shape index (κ3) is 3.89. The molecule has 0 saturated carbocycles. The lowest BCUT2D eigenvalue weighted by atomic mass is 10.1. The van der Waals surface area contributed by atoms with Crippen molar-refractivity contribution < 1.29 is 4.79 Å². The van der Waals surface area contributed by atoms with Crippen molar-refractivity contribution in [3.63, 3.8) is 0 Å². The van der Waals surface area contributed by atoms with Gasteiger partial charge in [-0.2, -0.15) is 0 Å². The number of hydrogen-bond acceptors (Lipinski definition) is 1. The quantitative estimate of drug-likeness (QED) is 0.576. The van der Waals surface area contributed by atoms with Crippen LogP contribution in [0, 0.1) is 0 Å². The van der Waals surface area contributed by atoms with Gasteiger partial charge in [0, 0.05) is 12.1 Å². The van der Waals surface area contributed by atoms with E-state index in [4.69, 9.17) is 0 Å². The molecular formula is C14H19NO. The van der Waals surface area contributed by atoms with E-state index in [-0.39, 0.29) is 5.91 Å². The molecule has 1 aromatic carbocycles. The first kappa shape index (κ1) is 12.5. The number of unbranched alkanes of at least 4 members (excludes halogenated alkanes) is 2. The third-order valence-electron chi connectivity index (χ3n) is 2.46. The van der Waals surface area contributed by atoms with E-state index in [1.54, 1.807) is 0 Å². The van der Waals surface area contributed by atoms with E-state index < -0.39 is 0 Å². The molecule has 16 heavy (non-hydrogen) atoms. The molecule has 0 heterocycles. The Bertz CT molecular complexity index is 343. The van der Waals surface area contributed by atoms with Gasteiger partial charge in [0.05, 0.1) is 0 Å². The predicted octanol–water partition coefficient (Wildman–Crippen LogP) is 3.01. The summed E-state index contributed by atoms with van der Waals surface area (Å²) in [5, 5.41) is 2.88. The number of rotatable bonds is 6. The first-order valence-electron chi connectivity index (χ1n) is 5.78. The zero-order valence-electron chi connectivity index (χ0n) is 9.83. The molecule has 0 fully saturated rings. The van der Waals surface area contributed by atoms with Gasteiger partial charge in [-0.1, -0.05) is 56.7 Å². The molecule has 0 aliphatic carbocycles. The minimum Gasteiger partial charge on any atom is -0.352 e. The fraction of sp³-hybridized carbons (Fsp3) is 0.357. The molecule has 0 spiro atoms. The highest BCUT2D eigenvalue weighted by molar-refractivity contribution is 6.18. The van der Waals surface area contributed by atoms with Crippen LogP contribution in [0.25, 0.3) is 5.57 Å². The van der Waals surface area contributed by atoms with Crippen molar-refractivity contribution in [1.82, 2.24) is 5.32 Å². The summed E-state index contributed by atoms with van der Waals surface area (Å²) in [6.45, 7) is 6.69. The van der Waals surface area contributed by atoms with Crippen LogP contribution in [0.1, 0.15) is 31.7 Å². The van der Waals surface area contributed by atoms with Crippen LogP contribution < -0.4 is 5.32 Å². The fourth-order valence-corrected chi connectivity index (χ4v) is 1.45. The van der Waals surface area contributed by atoms with Crippen molar-refractivity contribution in [3.8, 4) is 0 Å². The summed E-state index contributed by atoms with van der Waals surface area (Å²) < 4.78 is 0. The van der Waals surface area contributed by atoms with Crippen molar-refractivity contribution in [3.05, 3.63) is 42.5 Å². The summed E-state index contributed by atoms with van der Waals surface area (Å²) in [5.74, 6) is -0.0673. The van der Waals surface area contributed by atoms with Crippen LogP contribution in [-0.4, -0.2) is 12.5 Å². The third-order valence-corrected chi connectivity index (χ3v) is 2.46. The Morgan fingerprint density at radius 2 is 1.94 bits per heavy atom. The summed E-state index contributed by atoms with van der Waals surface area (Å²) in [6.07, 6.45) is 3.35. The van der Waals surface area contributed by atoms with E-state index in [0.29, 0.717) is 5.57 Å². The summed E-state index contributed by atoms with van der Waals surface area (Å²) in [7, 11) is 0. The van der Waals surface area contributed by atoms with Crippen LogP contribution in [0.2, 0.25) is 0 Å². The average molecular weight is 217 g/mol. The summed E-state index contributed by atoms with van der Waals surface area (Å²) in [4.78, 5) is 11.7. The van der Waals surface area contributed by atoms with Gasteiger partial charge in [0.25, 0.3) is 5.91 Å². The van der Waals surface area contributed by atoms with Gasteiger partial charge in [0.1, 0.15) is 0 Å². The number of carbonyl (C=O) groups is 1. The summed E-state index contributed by atoms with van der Waals surface area (Å²) >= 11 is 0. The monoisotopic (exact) mass is 217 g/mol. The van der Waals surface area contributed by atoms with Crippen molar-refractivity contribution in [1.29, 1.82) is 0 Å². The number of nitrogens with one attached hydrogen (secondary N) is 1. The molecule has 1 N–H and O–H groups in total. The van der Waals surface area contributed by atoms with Crippen LogP contribution in [0.5, 0.6) is 0 Å². The maximum atomic E-state index is 11.7. The SMILES string of the molecule is C=C(C(=O)NCCCCC)c1ccccc1. The van der Waals surface area contributed by atoms with Crippen LogP contribution in [0.3, 0.4) is 0 Å². The molecule has 0 aromatic heterocycles. The standard InChI is InChI=1S/C14H19NO/c1-3-4-8-11-15-14(16)12(2)13-9-6-5-7-10-13/h5-7,9-10H,2-4,8,11H2,1H3,(H,15,16). The molecular weight excluding hydrogens is 198 g/mol. The van der Waals surface area contributed by atoms with E-state index in [1.165, 1.54) is 0 Å². The molecule has 0 saturated heterocycles. The Labute approximate surface area is 97.4 Å². The van der Waals surface area contributed by atoms with Crippen LogP contribution in [-0.2, 0) is 4.79 Å². The first-order valence-corrected chi connectivity index (χ1v) is 5.78. The van der Waals surface area contributed by atoms with Gasteiger partial charge in [0.15, 0.2) is 0 Å². The lowest BCUT2D eigenvalue weighted by molar-refractivity contribution is -0.115. The Morgan fingerprint density at radius 3 is 2.56 bits per heavy atom. The summed E-state index contributed by atoms with van der Waals surface area (Å²) in [6, 6.07) is 9.54. The maximum Gasteiger partial charge on any atom is 0.251 e. The summed E-state index contributed by atoms with van der Waals surface area (Å²) in [5.41, 5.74) is 1.42. The molecule has 0 atom stereocenters. The largest absolute Gasteiger partial charge is 0.352 e. The van der Waals surface area contributed by atoms with Gasteiger partial charge in [-0.05, 0) is 12.0 Å². The Morgan fingerprint density at radius 1 is 1.25 bits per heavy atom. The van der Waals surface area contributed by atoms with Crippen LogP contribution in [0.4, 0.5) is 0 Å². The highest BCUT2D eigenvalue weighted by atomic mass is 16.1. The van der Waals surface area contributed by atoms with Crippen molar-refractivity contribution in [2.45, 2.75) is 26.2 Å². The second-order valence-corrected chi connectivity index (χ2v) is 3.81. The molecule has 1 rings (SSSR count). The van der Waals surface area contributed by atoms with Gasteiger partial charge in [0.2, 0.25) is 0 Å². The highest BCUT2D eigenvalue weighted by Gasteiger charge is 2.07. The fourth-order valence-electron chi connectivity index (χ4n) is 1.45. The number of hydrogen-bond donors (Lipinski definition) is 1. The molecule has 0 bridgehead atoms. The zero-order chi connectivity index (χ0) is 11.8. The van der Waals surface area contributed by atoms with Crippen LogP contribution >= 0.6 is 0 Å². The first-order chi connectivity index (χ1) is 7.75. The smallest absolute Gasteiger partial charge is 0.251 e. The lowest BCUT2D eigenvalue weighted by Crippen LogP contribution is -2.24. The van der Waals surface area contributed by atoms with Gasteiger partial charge in [-0.25, -0.2) is 0 Å². The van der Waals surface area contributed by atoms with Crippen LogP contribution in [0.15, 0.2) is 36.9 Å². The van der Waals surface area contributed by atoms with Crippen molar-refractivity contribution in [2.24, 2.45) is 0 Å². The second kappa shape index (κ2) is 6.83. The topological polar surface area (TPSA) is 29.1 Å². The Kier molecular flexibility index (Phi) is 5.34. The second-order valence-electron chi connectivity index (χ2n) is 3.81. The Balaban J connectivity index is 2.40. The predicted molar refractivity (Wildman–Crippen MR) is 68.0 cm³/mol. The average Bonchev–Trinajstić information content (AvgIpc) is 2.34. The minimum absolute atomic E-state index is 0.0673. The van der Waals surface area contributed by atoms with Crippen molar-refractivity contribution in [2.75, 3.05) is 6.54 Å². The van der Waals surface area contributed by atoms with E-state index in [0.717, 1.165) is 31.4 Å². The van der Waals surface area contributed by atoms with Gasteiger partial charge in [-0.3, -0.25) is 4.79 Å². The lowest BCUT2D eigenvalue weighted by Gasteiger charge is -2.07. The maximum absolute atomic E-state index is 11.7. The van der Waals surface area contributed by atoms with Gasteiger partial charge < -0.3 is 5.32 Å². The van der Waals surface area contributed by atoms with E-state index in [9.17, 15) is 4.79 Å². The Hall–Kier alpha value is -1.57. The number of amides is 1. The van der Waals surface area contributed by atoms with E-state index >= 15 is 0 Å². The molecule has 0 radical (unpaired) electrons. The highest BCUT2D eigenvalue weighted by Crippen LogP contribution is 2.11. The molecule has 0 unspecified atom stereocenters. The van der Waals surface area contributed by atoms with Gasteiger partial charge >= 0.3 is 0 Å². The normalized spacial score (nSPS) is 9.81. The minimum atomic E-state index is -0.0673. The molecule has 0 aliphatic rings.